The third-order valence-electron chi connectivity index (χ3n) is 5.95. The number of hydrogen-bond acceptors (Lipinski definition) is 5. The molecule has 2 fully saturated rings. The Morgan fingerprint density at radius 1 is 1.10 bits per heavy atom. The molecule has 2 aliphatic heterocycles. The number of rotatable bonds is 7. The summed E-state index contributed by atoms with van der Waals surface area (Å²) in [5.41, 5.74) is 1.56. The fourth-order valence-corrected chi connectivity index (χ4v) is 5.28. The highest BCUT2D eigenvalue weighted by molar-refractivity contribution is 7.89. The molecule has 1 N–H and O–H groups in total. The summed E-state index contributed by atoms with van der Waals surface area (Å²) >= 11 is 0. The zero-order valence-electron chi connectivity index (χ0n) is 17.6. The summed E-state index contributed by atoms with van der Waals surface area (Å²) in [7, 11) is -2.01. The van der Waals surface area contributed by atoms with Crippen molar-refractivity contribution in [2.24, 2.45) is 0 Å². The third kappa shape index (κ3) is 4.92. The quantitative estimate of drug-likeness (QED) is 0.709. The number of carbonyl (C=O) groups excluding carboxylic acids is 1. The molecule has 2 aliphatic rings. The second kappa shape index (κ2) is 9.38. The largest absolute Gasteiger partial charge is 0.497 e. The normalized spacial score (nSPS) is 21.4. The van der Waals surface area contributed by atoms with Crippen molar-refractivity contribution in [3.63, 3.8) is 0 Å². The van der Waals surface area contributed by atoms with Gasteiger partial charge < -0.3 is 14.4 Å². The molecule has 8 heteroatoms. The minimum atomic E-state index is -3.64. The first-order valence-corrected chi connectivity index (χ1v) is 12.1. The maximum absolute atomic E-state index is 13.1. The van der Waals surface area contributed by atoms with Crippen LogP contribution >= 0.6 is 0 Å². The number of ether oxygens (including phenoxy) is 2. The summed E-state index contributed by atoms with van der Waals surface area (Å²) in [6.45, 7) is 1.62. The molecule has 0 aromatic heterocycles. The average molecular weight is 445 g/mol. The number of sulfonamides is 1. The Morgan fingerprint density at radius 3 is 2.48 bits per heavy atom. The predicted molar refractivity (Wildman–Crippen MR) is 117 cm³/mol. The molecule has 0 aliphatic carbocycles. The van der Waals surface area contributed by atoms with Crippen LogP contribution in [0, 0.1) is 0 Å². The van der Waals surface area contributed by atoms with Crippen molar-refractivity contribution in [2.75, 3.05) is 26.8 Å². The molecule has 4 rings (SSSR count). The van der Waals surface area contributed by atoms with Gasteiger partial charge in [0.2, 0.25) is 10.0 Å². The molecule has 166 valence electrons. The van der Waals surface area contributed by atoms with Gasteiger partial charge in [-0.2, -0.15) is 0 Å². The SMILES string of the molecule is COc1ccc(C2CCCN2C(=O)c2ccc(S(=O)(=O)NCC3CCCO3)cc2)cc1. The number of hydrogen-bond donors (Lipinski definition) is 1. The first kappa shape index (κ1) is 21.8. The number of amides is 1. The number of nitrogens with zero attached hydrogens (tertiary/aromatic N) is 1. The molecule has 2 aromatic carbocycles. The molecule has 2 atom stereocenters. The van der Waals surface area contributed by atoms with Crippen LogP contribution in [-0.2, 0) is 14.8 Å². The number of carbonyl (C=O) groups is 1. The van der Waals surface area contributed by atoms with Crippen LogP contribution in [0.1, 0.15) is 47.6 Å². The minimum absolute atomic E-state index is 0.00916. The highest BCUT2D eigenvalue weighted by Gasteiger charge is 2.31. The lowest BCUT2D eigenvalue weighted by molar-refractivity contribution is 0.0735. The second-order valence-electron chi connectivity index (χ2n) is 7.94. The summed E-state index contributed by atoms with van der Waals surface area (Å²) in [5.74, 6) is 0.694. The van der Waals surface area contributed by atoms with Crippen LogP contribution in [0.4, 0.5) is 0 Å². The van der Waals surface area contributed by atoms with Gasteiger partial charge in [0.1, 0.15) is 5.75 Å². The van der Waals surface area contributed by atoms with Crippen LogP contribution in [0.25, 0.3) is 0 Å². The van der Waals surface area contributed by atoms with Crippen molar-refractivity contribution in [2.45, 2.75) is 42.7 Å². The van der Waals surface area contributed by atoms with Crippen molar-refractivity contribution in [1.82, 2.24) is 9.62 Å². The van der Waals surface area contributed by atoms with E-state index in [1.807, 2.05) is 29.2 Å². The molecule has 31 heavy (non-hydrogen) atoms. The molecule has 1 amide bonds. The first-order chi connectivity index (χ1) is 15.0. The molecule has 2 saturated heterocycles. The Kier molecular flexibility index (Phi) is 6.60. The van der Waals surface area contributed by atoms with Crippen LogP contribution in [0.3, 0.4) is 0 Å². The van der Waals surface area contributed by atoms with Crippen LogP contribution in [0.15, 0.2) is 53.4 Å². The number of likely N-dealkylation sites (tertiary alicyclic amines) is 1. The Hall–Kier alpha value is -2.42. The van der Waals surface area contributed by atoms with E-state index in [0.29, 0.717) is 18.7 Å². The fourth-order valence-electron chi connectivity index (χ4n) is 4.22. The lowest BCUT2D eigenvalue weighted by Gasteiger charge is -2.25. The lowest BCUT2D eigenvalue weighted by Crippen LogP contribution is -2.32. The van der Waals surface area contributed by atoms with E-state index in [1.54, 1.807) is 19.2 Å². The van der Waals surface area contributed by atoms with Crippen LogP contribution < -0.4 is 9.46 Å². The van der Waals surface area contributed by atoms with Gasteiger partial charge in [-0.3, -0.25) is 4.79 Å². The molecule has 7 nitrogen and oxygen atoms in total. The number of methoxy groups -OCH3 is 1. The molecule has 0 saturated carbocycles. The molecule has 0 spiro atoms. The van der Waals surface area contributed by atoms with Gasteiger partial charge in [0.15, 0.2) is 0 Å². The van der Waals surface area contributed by atoms with Crippen molar-refractivity contribution >= 4 is 15.9 Å². The van der Waals surface area contributed by atoms with E-state index in [1.165, 1.54) is 12.1 Å². The Balaban J connectivity index is 1.44. The molecule has 0 radical (unpaired) electrons. The maximum atomic E-state index is 13.1. The van der Waals surface area contributed by atoms with Gasteiger partial charge in [-0.15, -0.1) is 0 Å². The monoisotopic (exact) mass is 444 g/mol. The van der Waals surface area contributed by atoms with Crippen molar-refractivity contribution in [3.05, 3.63) is 59.7 Å². The smallest absolute Gasteiger partial charge is 0.254 e. The molecule has 2 unspecified atom stereocenters. The van der Waals surface area contributed by atoms with E-state index < -0.39 is 10.0 Å². The van der Waals surface area contributed by atoms with E-state index in [-0.39, 0.29) is 29.5 Å². The number of nitrogens with one attached hydrogen (secondary N) is 1. The highest BCUT2D eigenvalue weighted by Crippen LogP contribution is 2.34. The summed E-state index contributed by atoms with van der Waals surface area (Å²) in [6.07, 6.45) is 3.58. The zero-order valence-corrected chi connectivity index (χ0v) is 18.4. The van der Waals surface area contributed by atoms with Gasteiger partial charge in [-0.25, -0.2) is 13.1 Å². The summed E-state index contributed by atoms with van der Waals surface area (Å²) in [6, 6.07) is 14.0. The van der Waals surface area contributed by atoms with Gasteiger partial charge in [-0.05, 0) is 67.6 Å². The average Bonchev–Trinajstić information content (AvgIpc) is 3.50. The van der Waals surface area contributed by atoms with Crippen molar-refractivity contribution in [1.29, 1.82) is 0 Å². The molecule has 0 bridgehead atoms. The standard InChI is InChI=1S/C23H28N2O5S/c1-29-19-10-6-17(7-11-19)22-5-2-14-25(22)23(26)18-8-12-21(13-9-18)31(27,28)24-16-20-4-3-15-30-20/h6-13,20,22,24H,2-5,14-16H2,1H3. The summed E-state index contributed by atoms with van der Waals surface area (Å²) < 4.78 is 38.4. The Bertz CT molecular complexity index is 999. The highest BCUT2D eigenvalue weighted by atomic mass is 32.2. The van der Waals surface area contributed by atoms with Gasteiger partial charge in [0, 0.05) is 25.3 Å². The Labute approximate surface area is 183 Å². The van der Waals surface area contributed by atoms with Crippen LogP contribution in [0.5, 0.6) is 5.75 Å². The van der Waals surface area contributed by atoms with Gasteiger partial charge in [-0.1, -0.05) is 12.1 Å². The van der Waals surface area contributed by atoms with Crippen LogP contribution in [0.2, 0.25) is 0 Å². The fraction of sp³-hybridized carbons (Fsp3) is 0.435. The zero-order chi connectivity index (χ0) is 21.8. The summed E-state index contributed by atoms with van der Waals surface area (Å²) in [4.78, 5) is 15.1. The van der Waals surface area contributed by atoms with E-state index in [4.69, 9.17) is 9.47 Å². The maximum Gasteiger partial charge on any atom is 0.254 e. The Morgan fingerprint density at radius 2 is 1.84 bits per heavy atom. The van der Waals surface area contributed by atoms with E-state index >= 15 is 0 Å². The lowest BCUT2D eigenvalue weighted by atomic mass is 10.0. The topological polar surface area (TPSA) is 84.9 Å². The molecular weight excluding hydrogens is 416 g/mol. The first-order valence-electron chi connectivity index (χ1n) is 10.6. The van der Waals surface area contributed by atoms with E-state index in [2.05, 4.69) is 4.72 Å². The molecular formula is C23H28N2O5S. The van der Waals surface area contributed by atoms with Crippen molar-refractivity contribution < 1.29 is 22.7 Å². The third-order valence-corrected chi connectivity index (χ3v) is 7.39. The number of benzene rings is 2. The van der Waals surface area contributed by atoms with Gasteiger partial charge in [0.25, 0.3) is 5.91 Å². The minimum Gasteiger partial charge on any atom is -0.497 e. The van der Waals surface area contributed by atoms with E-state index in [9.17, 15) is 13.2 Å². The molecule has 2 aromatic rings. The predicted octanol–water partition coefficient (Wildman–Crippen LogP) is 3.13. The van der Waals surface area contributed by atoms with Crippen LogP contribution in [-0.4, -0.2) is 52.1 Å². The molecule has 2 heterocycles. The van der Waals surface area contributed by atoms with Gasteiger partial charge in [0.05, 0.1) is 24.2 Å². The van der Waals surface area contributed by atoms with Gasteiger partial charge >= 0.3 is 0 Å². The van der Waals surface area contributed by atoms with Crippen molar-refractivity contribution in [3.8, 4) is 5.75 Å². The van der Waals surface area contributed by atoms with E-state index in [0.717, 1.165) is 37.0 Å². The summed E-state index contributed by atoms with van der Waals surface area (Å²) in [5, 5.41) is 0. The second-order valence-corrected chi connectivity index (χ2v) is 9.71.